The van der Waals surface area contributed by atoms with Crippen molar-refractivity contribution in [3.05, 3.63) is 35.9 Å². The van der Waals surface area contributed by atoms with Crippen LogP contribution in [0.4, 0.5) is 9.59 Å². The zero-order chi connectivity index (χ0) is 27.1. The van der Waals surface area contributed by atoms with Gasteiger partial charge in [-0.2, -0.15) is 0 Å². The van der Waals surface area contributed by atoms with Crippen LogP contribution in [-0.2, 0) is 25.2 Å². The van der Waals surface area contributed by atoms with Gasteiger partial charge in [0, 0.05) is 38.3 Å². The number of hydrogen-bond donors (Lipinski definition) is 2. The lowest BCUT2D eigenvalue weighted by Gasteiger charge is -2.24. The van der Waals surface area contributed by atoms with Crippen LogP contribution in [0.1, 0.15) is 59.9 Å². The highest BCUT2D eigenvalue weighted by atomic mass is 32.2. The molecule has 2 aliphatic heterocycles. The molecule has 2 fully saturated rings. The number of hydrogen-bond acceptors (Lipinski definition) is 7. The van der Waals surface area contributed by atoms with Gasteiger partial charge in [0.05, 0.1) is 5.75 Å². The van der Waals surface area contributed by atoms with E-state index in [1.807, 2.05) is 39.0 Å². The number of sulfonamides is 1. The van der Waals surface area contributed by atoms with E-state index < -0.39 is 27.3 Å². The highest BCUT2D eigenvalue weighted by Crippen LogP contribution is 2.17. The lowest BCUT2D eigenvalue weighted by Crippen LogP contribution is -2.40. The molecule has 0 saturated carbocycles. The number of likely N-dealkylation sites (tertiary alicyclic amines) is 2. The molecule has 3 rings (SSSR count). The Hall–Kier alpha value is -2.37. The summed E-state index contributed by atoms with van der Waals surface area (Å²) in [7, 11) is -3.43. The number of nitrogens with one attached hydrogen (secondary N) is 1. The molecule has 3 N–H and O–H groups in total. The Kier molecular flexibility index (Phi) is 10.2. The van der Waals surface area contributed by atoms with Crippen LogP contribution >= 0.6 is 0 Å². The minimum Gasteiger partial charge on any atom is -0.444 e. The van der Waals surface area contributed by atoms with Crippen LogP contribution in [0.5, 0.6) is 0 Å². The van der Waals surface area contributed by atoms with Gasteiger partial charge < -0.3 is 25.0 Å². The van der Waals surface area contributed by atoms with Crippen LogP contribution in [-0.4, -0.2) is 79.9 Å². The normalized spacial score (nSPS) is 20.5. The van der Waals surface area contributed by atoms with Crippen LogP contribution in [0.25, 0.3) is 0 Å². The van der Waals surface area contributed by atoms with Gasteiger partial charge in [-0.1, -0.05) is 30.3 Å². The zero-order valence-electron chi connectivity index (χ0n) is 22.3. The molecule has 11 heteroatoms. The molecule has 2 amide bonds. The lowest BCUT2D eigenvalue weighted by atomic mass is 10.2. The molecule has 2 aliphatic rings. The first kappa shape index (κ1) is 29.9. The molecule has 2 heterocycles. The Labute approximate surface area is 215 Å². The van der Waals surface area contributed by atoms with E-state index in [9.17, 15) is 18.0 Å². The average Bonchev–Trinajstić information content (AvgIpc) is 3.35. The van der Waals surface area contributed by atoms with Gasteiger partial charge in [-0.25, -0.2) is 22.7 Å². The number of nitrogens with zero attached hydrogens (tertiary/aromatic N) is 2. The topological polar surface area (TPSA) is 131 Å². The number of nitrogens with two attached hydrogens (primary N) is 1. The number of amides is 2. The molecule has 1 aromatic carbocycles. The Morgan fingerprint density at radius 3 is 1.89 bits per heavy atom. The maximum absolute atomic E-state index is 12.2. The van der Waals surface area contributed by atoms with Crippen molar-refractivity contribution < 1.29 is 27.5 Å². The fourth-order valence-corrected chi connectivity index (χ4v) is 5.13. The fraction of sp³-hybridized carbons (Fsp3) is 0.680. The maximum Gasteiger partial charge on any atom is 0.410 e. The summed E-state index contributed by atoms with van der Waals surface area (Å²) in [5.74, 6) is -0.0588. The quantitative estimate of drug-likeness (QED) is 0.616. The van der Waals surface area contributed by atoms with E-state index in [1.54, 1.807) is 42.7 Å². The summed E-state index contributed by atoms with van der Waals surface area (Å²) >= 11 is 0. The summed E-state index contributed by atoms with van der Waals surface area (Å²) in [6.07, 6.45) is 0.815. The smallest absolute Gasteiger partial charge is 0.410 e. The Balaban J connectivity index is 0.000000297. The molecule has 204 valence electrons. The minimum absolute atomic E-state index is 0.0588. The monoisotopic (exact) mass is 526 g/mol. The highest BCUT2D eigenvalue weighted by Gasteiger charge is 2.32. The molecular weight excluding hydrogens is 484 g/mol. The zero-order valence-corrected chi connectivity index (χ0v) is 23.1. The van der Waals surface area contributed by atoms with Gasteiger partial charge in [-0.15, -0.1) is 0 Å². The summed E-state index contributed by atoms with van der Waals surface area (Å²) in [6, 6.07) is 8.87. The molecule has 2 saturated heterocycles. The molecule has 0 bridgehead atoms. The number of rotatable bonds is 4. The molecular formula is C25H42N4O6S. The molecule has 1 aromatic rings. The lowest BCUT2D eigenvalue weighted by molar-refractivity contribution is 0.0282. The third-order valence-electron chi connectivity index (χ3n) is 5.26. The number of carbonyl (C=O) groups is 2. The predicted molar refractivity (Wildman–Crippen MR) is 139 cm³/mol. The van der Waals surface area contributed by atoms with Crippen molar-refractivity contribution in [1.29, 1.82) is 0 Å². The molecule has 2 atom stereocenters. The van der Waals surface area contributed by atoms with Crippen molar-refractivity contribution in [2.45, 2.75) is 83.4 Å². The van der Waals surface area contributed by atoms with Gasteiger partial charge in [0.2, 0.25) is 10.0 Å². The summed E-state index contributed by atoms with van der Waals surface area (Å²) in [4.78, 5) is 26.6. The summed E-state index contributed by atoms with van der Waals surface area (Å²) in [6.45, 7) is 13.2. The van der Waals surface area contributed by atoms with E-state index >= 15 is 0 Å². The molecule has 0 spiro atoms. The van der Waals surface area contributed by atoms with Crippen molar-refractivity contribution in [2.24, 2.45) is 5.73 Å². The maximum atomic E-state index is 12.2. The van der Waals surface area contributed by atoms with Crippen molar-refractivity contribution >= 4 is 22.2 Å². The van der Waals surface area contributed by atoms with Crippen molar-refractivity contribution in [2.75, 3.05) is 26.2 Å². The van der Waals surface area contributed by atoms with Gasteiger partial charge in [0.25, 0.3) is 0 Å². The Morgan fingerprint density at radius 2 is 1.42 bits per heavy atom. The minimum atomic E-state index is -3.43. The Morgan fingerprint density at radius 1 is 0.917 bits per heavy atom. The Bertz CT molecular complexity index is 973. The van der Waals surface area contributed by atoms with Gasteiger partial charge in [0.1, 0.15) is 11.2 Å². The molecule has 10 nitrogen and oxygen atoms in total. The molecule has 36 heavy (non-hydrogen) atoms. The SMILES string of the molecule is CC(C)(C)OC(=O)N1CC[C@H](N)C1.CC(C)(C)OC(=O)N1CC[C@H](NS(=O)(=O)Cc2ccccc2)C1. The average molecular weight is 527 g/mol. The number of carbonyl (C=O) groups excluding carboxylic acids is 2. The van der Waals surface area contributed by atoms with Crippen molar-refractivity contribution in [3.63, 3.8) is 0 Å². The van der Waals surface area contributed by atoms with Crippen LogP contribution in [0.3, 0.4) is 0 Å². The molecule has 0 aromatic heterocycles. The summed E-state index contributed by atoms with van der Waals surface area (Å²) in [5, 5.41) is 0. The van der Waals surface area contributed by atoms with Gasteiger partial charge in [-0.05, 0) is 59.9 Å². The third-order valence-corrected chi connectivity index (χ3v) is 6.67. The standard InChI is InChI=1S/C16H24N2O4S.C9H18N2O2/c1-16(2,3)22-15(19)18-10-9-14(11-18)17-23(20,21)12-13-7-5-4-6-8-13;1-9(2,3)13-8(12)11-5-4-7(10)6-11/h4-8,14,17H,9-12H2,1-3H3;7H,4-6,10H2,1-3H3/t14-;7-/m00/s1. The van der Waals surface area contributed by atoms with E-state index in [4.69, 9.17) is 15.2 Å². The third kappa shape index (κ3) is 11.1. The number of benzene rings is 1. The molecule has 0 aliphatic carbocycles. The largest absolute Gasteiger partial charge is 0.444 e. The van der Waals surface area contributed by atoms with E-state index in [-0.39, 0.29) is 23.9 Å². The molecule has 0 radical (unpaired) electrons. The van der Waals surface area contributed by atoms with E-state index in [1.165, 1.54) is 0 Å². The summed E-state index contributed by atoms with van der Waals surface area (Å²) < 4.78 is 37.6. The second kappa shape index (κ2) is 12.2. The van der Waals surface area contributed by atoms with Crippen LogP contribution in [0.15, 0.2) is 30.3 Å². The molecule has 0 unspecified atom stereocenters. The van der Waals surface area contributed by atoms with E-state index in [0.717, 1.165) is 18.5 Å². The van der Waals surface area contributed by atoms with Crippen molar-refractivity contribution in [1.82, 2.24) is 14.5 Å². The van der Waals surface area contributed by atoms with E-state index in [0.29, 0.717) is 26.1 Å². The van der Waals surface area contributed by atoms with Crippen LogP contribution < -0.4 is 10.5 Å². The highest BCUT2D eigenvalue weighted by molar-refractivity contribution is 7.88. The number of ether oxygens (including phenoxy) is 2. The second-order valence-corrected chi connectivity index (χ2v) is 13.0. The predicted octanol–water partition coefficient (Wildman–Crippen LogP) is 3.07. The van der Waals surface area contributed by atoms with Gasteiger partial charge in [0.15, 0.2) is 0 Å². The second-order valence-electron chi connectivity index (χ2n) is 11.2. The first-order chi connectivity index (χ1) is 16.5. The fourth-order valence-electron chi connectivity index (χ4n) is 3.72. The van der Waals surface area contributed by atoms with E-state index in [2.05, 4.69) is 4.72 Å². The van der Waals surface area contributed by atoms with Gasteiger partial charge in [-0.3, -0.25) is 0 Å². The van der Waals surface area contributed by atoms with Crippen molar-refractivity contribution in [3.8, 4) is 0 Å². The first-order valence-electron chi connectivity index (χ1n) is 12.3. The first-order valence-corrected chi connectivity index (χ1v) is 13.9. The van der Waals surface area contributed by atoms with Crippen LogP contribution in [0, 0.1) is 0 Å². The summed E-state index contributed by atoms with van der Waals surface area (Å²) in [5.41, 5.74) is 5.45. The van der Waals surface area contributed by atoms with Crippen LogP contribution in [0.2, 0.25) is 0 Å². The van der Waals surface area contributed by atoms with Gasteiger partial charge >= 0.3 is 12.2 Å².